The summed E-state index contributed by atoms with van der Waals surface area (Å²) in [4.78, 5) is 13.0. The van der Waals surface area contributed by atoms with Crippen LogP contribution in [0, 0.1) is 12.8 Å². The van der Waals surface area contributed by atoms with Crippen molar-refractivity contribution in [2.45, 2.75) is 45.1 Å². The van der Waals surface area contributed by atoms with E-state index in [1.54, 1.807) is 6.33 Å². The standard InChI is InChI=1S/C21H23ClN6/c1-13-10-24-19-9-15(18(22)11-28(13)19)4-2-14-3-5-16(8-14)27-7-6-17-20(23)25-12-26-21(17)27/h6-7,9-12,14,16H,2-5,8H2,1H3,(H2,23,25,26). The maximum absolute atomic E-state index is 6.53. The maximum Gasteiger partial charge on any atom is 0.145 e. The fraction of sp³-hybridized carbons (Fsp3) is 0.381. The highest BCUT2D eigenvalue weighted by Crippen LogP contribution is 2.39. The van der Waals surface area contributed by atoms with Crippen LogP contribution in [0.2, 0.25) is 5.02 Å². The van der Waals surface area contributed by atoms with E-state index in [0.29, 0.717) is 17.8 Å². The van der Waals surface area contributed by atoms with Gasteiger partial charge < -0.3 is 14.7 Å². The van der Waals surface area contributed by atoms with Crippen molar-refractivity contribution >= 4 is 34.1 Å². The van der Waals surface area contributed by atoms with Crippen LogP contribution in [0.3, 0.4) is 0 Å². The molecule has 2 unspecified atom stereocenters. The fourth-order valence-electron chi connectivity index (χ4n) is 4.56. The van der Waals surface area contributed by atoms with E-state index in [-0.39, 0.29) is 0 Å². The molecule has 1 fully saturated rings. The van der Waals surface area contributed by atoms with Crippen LogP contribution in [0.25, 0.3) is 16.7 Å². The van der Waals surface area contributed by atoms with Gasteiger partial charge in [-0.15, -0.1) is 0 Å². The van der Waals surface area contributed by atoms with Crippen molar-refractivity contribution in [2.24, 2.45) is 5.92 Å². The molecule has 0 aliphatic heterocycles. The molecular formula is C21H23ClN6. The van der Waals surface area contributed by atoms with Crippen molar-refractivity contribution in [1.29, 1.82) is 0 Å². The van der Waals surface area contributed by atoms with Gasteiger partial charge in [-0.05, 0) is 62.6 Å². The molecule has 1 aliphatic carbocycles. The van der Waals surface area contributed by atoms with Crippen molar-refractivity contribution in [2.75, 3.05) is 5.73 Å². The van der Waals surface area contributed by atoms with Gasteiger partial charge in [-0.1, -0.05) is 11.6 Å². The monoisotopic (exact) mass is 394 g/mol. The highest BCUT2D eigenvalue weighted by Gasteiger charge is 2.27. The Kier molecular flexibility index (Phi) is 4.23. The Labute approximate surface area is 168 Å². The van der Waals surface area contributed by atoms with E-state index in [2.05, 4.69) is 31.8 Å². The van der Waals surface area contributed by atoms with E-state index in [1.165, 1.54) is 18.4 Å². The topological polar surface area (TPSA) is 74.0 Å². The number of aromatic nitrogens is 5. The molecule has 0 saturated heterocycles. The van der Waals surface area contributed by atoms with Crippen LogP contribution in [0.15, 0.2) is 37.1 Å². The summed E-state index contributed by atoms with van der Waals surface area (Å²) in [7, 11) is 0. The van der Waals surface area contributed by atoms with E-state index in [9.17, 15) is 0 Å². The van der Waals surface area contributed by atoms with Gasteiger partial charge in [0, 0.05) is 30.3 Å². The van der Waals surface area contributed by atoms with Gasteiger partial charge in [0.15, 0.2) is 0 Å². The zero-order valence-corrected chi connectivity index (χ0v) is 16.6. The quantitative estimate of drug-likeness (QED) is 0.549. The molecule has 28 heavy (non-hydrogen) atoms. The van der Waals surface area contributed by atoms with Crippen LogP contribution in [0.5, 0.6) is 0 Å². The summed E-state index contributed by atoms with van der Waals surface area (Å²) in [6.07, 6.45) is 13.2. The van der Waals surface area contributed by atoms with E-state index in [1.807, 2.05) is 29.8 Å². The molecule has 0 radical (unpaired) electrons. The Morgan fingerprint density at radius 2 is 2.14 bits per heavy atom. The number of anilines is 1. The molecule has 4 heterocycles. The second-order valence-corrected chi connectivity index (χ2v) is 8.27. The summed E-state index contributed by atoms with van der Waals surface area (Å²) in [5.74, 6) is 1.24. The molecule has 0 amide bonds. The van der Waals surface area contributed by atoms with Gasteiger partial charge in [-0.3, -0.25) is 0 Å². The number of halogens is 1. The van der Waals surface area contributed by atoms with E-state index >= 15 is 0 Å². The minimum atomic E-state index is 0.477. The van der Waals surface area contributed by atoms with Crippen LogP contribution in [0.4, 0.5) is 5.82 Å². The average Bonchev–Trinajstić information content (AvgIpc) is 3.40. The van der Waals surface area contributed by atoms with Crippen molar-refractivity contribution in [3.05, 3.63) is 53.3 Å². The Morgan fingerprint density at radius 1 is 1.25 bits per heavy atom. The zero-order chi connectivity index (χ0) is 19.3. The fourth-order valence-corrected chi connectivity index (χ4v) is 4.81. The largest absolute Gasteiger partial charge is 0.383 e. The third-order valence-electron chi connectivity index (χ3n) is 6.13. The first-order chi connectivity index (χ1) is 13.6. The van der Waals surface area contributed by atoms with Crippen LogP contribution in [-0.2, 0) is 6.42 Å². The van der Waals surface area contributed by atoms with E-state index in [4.69, 9.17) is 17.3 Å². The molecule has 1 saturated carbocycles. The molecule has 2 atom stereocenters. The lowest BCUT2D eigenvalue weighted by atomic mass is 9.98. The zero-order valence-electron chi connectivity index (χ0n) is 15.8. The van der Waals surface area contributed by atoms with Crippen molar-refractivity contribution in [1.82, 2.24) is 23.9 Å². The second kappa shape index (κ2) is 6.78. The maximum atomic E-state index is 6.53. The van der Waals surface area contributed by atoms with Crippen LogP contribution in [-0.4, -0.2) is 23.9 Å². The molecule has 1 aliphatic rings. The highest BCUT2D eigenvalue weighted by molar-refractivity contribution is 6.31. The van der Waals surface area contributed by atoms with Crippen molar-refractivity contribution < 1.29 is 0 Å². The Balaban J connectivity index is 1.29. The molecule has 7 heteroatoms. The molecule has 0 spiro atoms. The first-order valence-electron chi connectivity index (χ1n) is 9.79. The number of hydrogen-bond donors (Lipinski definition) is 1. The SMILES string of the molecule is Cc1cnc2cc(CCC3CCC(n4ccc5c(N)ncnc54)C3)c(Cl)cn12. The number of nitrogens with two attached hydrogens (primary N) is 1. The predicted octanol–water partition coefficient (Wildman–Crippen LogP) is 4.60. The van der Waals surface area contributed by atoms with Gasteiger partial charge in [-0.25, -0.2) is 15.0 Å². The molecule has 2 N–H and O–H groups in total. The first kappa shape index (κ1) is 17.5. The molecule has 144 valence electrons. The summed E-state index contributed by atoms with van der Waals surface area (Å²) in [6, 6.07) is 4.63. The third kappa shape index (κ3) is 2.92. The lowest BCUT2D eigenvalue weighted by Gasteiger charge is -2.15. The predicted molar refractivity (Wildman–Crippen MR) is 112 cm³/mol. The smallest absolute Gasteiger partial charge is 0.145 e. The van der Waals surface area contributed by atoms with Crippen LogP contribution < -0.4 is 5.73 Å². The number of pyridine rings is 1. The summed E-state index contributed by atoms with van der Waals surface area (Å²) >= 11 is 6.53. The second-order valence-electron chi connectivity index (χ2n) is 7.87. The molecule has 5 rings (SSSR count). The number of nitrogen functional groups attached to an aromatic ring is 1. The first-order valence-corrected chi connectivity index (χ1v) is 10.2. The van der Waals surface area contributed by atoms with Gasteiger partial charge in [0.25, 0.3) is 0 Å². The van der Waals surface area contributed by atoms with Gasteiger partial charge in [0.05, 0.1) is 10.4 Å². The molecule has 4 aromatic heterocycles. The Bertz CT molecular complexity index is 1160. The molecule has 0 bridgehead atoms. The van der Waals surface area contributed by atoms with Gasteiger partial charge >= 0.3 is 0 Å². The summed E-state index contributed by atoms with van der Waals surface area (Å²) < 4.78 is 4.32. The third-order valence-corrected chi connectivity index (χ3v) is 6.47. The number of fused-ring (bicyclic) bond motifs is 2. The van der Waals surface area contributed by atoms with Crippen molar-refractivity contribution in [3.8, 4) is 0 Å². The molecule has 0 aromatic carbocycles. The van der Waals surface area contributed by atoms with E-state index in [0.717, 1.165) is 46.7 Å². The minimum Gasteiger partial charge on any atom is -0.383 e. The van der Waals surface area contributed by atoms with Gasteiger partial charge in [0.1, 0.15) is 23.4 Å². The average molecular weight is 395 g/mol. The molecule has 4 aromatic rings. The number of hydrogen-bond acceptors (Lipinski definition) is 4. The minimum absolute atomic E-state index is 0.477. The molecular weight excluding hydrogens is 372 g/mol. The van der Waals surface area contributed by atoms with Crippen molar-refractivity contribution in [3.63, 3.8) is 0 Å². The summed E-state index contributed by atoms with van der Waals surface area (Å²) in [5, 5.41) is 1.77. The lowest BCUT2D eigenvalue weighted by Crippen LogP contribution is -2.06. The van der Waals surface area contributed by atoms with Crippen LogP contribution >= 0.6 is 11.6 Å². The molecule has 6 nitrogen and oxygen atoms in total. The Hall–Kier alpha value is -2.60. The number of aryl methyl sites for hydroxylation is 2. The lowest BCUT2D eigenvalue weighted by molar-refractivity contribution is 0.461. The number of nitrogens with zero attached hydrogens (tertiary/aromatic N) is 5. The summed E-state index contributed by atoms with van der Waals surface area (Å²) in [6.45, 7) is 2.04. The van der Waals surface area contributed by atoms with Gasteiger partial charge in [0.2, 0.25) is 0 Å². The number of rotatable bonds is 4. The summed E-state index contributed by atoms with van der Waals surface area (Å²) in [5.41, 5.74) is 10.2. The number of imidazole rings is 1. The normalized spacial score (nSPS) is 19.8. The highest BCUT2D eigenvalue weighted by atomic mass is 35.5. The van der Waals surface area contributed by atoms with E-state index < -0.39 is 0 Å². The Morgan fingerprint density at radius 3 is 3.04 bits per heavy atom. The van der Waals surface area contributed by atoms with Crippen LogP contribution in [0.1, 0.15) is 43.0 Å². The van der Waals surface area contributed by atoms with Gasteiger partial charge in [-0.2, -0.15) is 0 Å².